The molecule has 1 amide bonds. The molecule has 3 aromatic rings. The summed E-state index contributed by atoms with van der Waals surface area (Å²) in [4.78, 5) is 40.0. The van der Waals surface area contributed by atoms with Gasteiger partial charge in [0, 0.05) is 30.1 Å². The number of benzene rings is 1. The van der Waals surface area contributed by atoms with E-state index in [1.165, 1.54) is 12.1 Å². The van der Waals surface area contributed by atoms with Crippen LogP contribution in [-0.2, 0) is 4.79 Å². The molecule has 0 aliphatic heterocycles. The maximum atomic E-state index is 13.0. The number of nitrogens with zero attached hydrogens (tertiary/aromatic N) is 1. The van der Waals surface area contributed by atoms with Crippen LogP contribution in [-0.4, -0.2) is 54.8 Å². The summed E-state index contributed by atoms with van der Waals surface area (Å²) >= 11 is 0. The van der Waals surface area contributed by atoms with Crippen molar-refractivity contribution in [3.8, 4) is 17.2 Å². The third-order valence-corrected chi connectivity index (χ3v) is 6.94. The Morgan fingerprint density at radius 3 is 1.68 bits per heavy atom. The van der Waals surface area contributed by atoms with Crippen LogP contribution >= 0.6 is 0 Å². The Bertz CT molecular complexity index is 1410. The third-order valence-electron chi connectivity index (χ3n) is 6.94. The average molecular weight is 561 g/mol. The Kier molecular flexibility index (Phi) is 10.7. The summed E-state index contributed by atoms with van der Waals surface area (Å²) in [6, 6.07) is 16.5. The summed E-state index contributed by atoms with van der Waals surface area (Å²) in [6.45, 7) is 8.86. The number of hydrogen-bond donors (Lipinski definition) is 3. The first kappa shape index (κ1) is 31.4. The highest BCUT2D eigenvalue weighted by Gasteiger charge is 2.25. The van der Waals surface area contributed by atoms with Gasteiger partial charge in [-0.1, -0.05) is 64.1 Å². The number of nitrogens with one attached hydrogen (secondary N) is 1. The van der Waals surface area contributed by atoms with Gasteiger partial charge in [0.05, 0.1) is 0 Å². The van der Waals surface area contributed by atoms with Crippen molar-refractivity contribution >= 4 is 5.91 Å². The normalized spacial score (nSPS) is 11.4. The number of aromatic hydroxyl groups is 2. The highest BCUT2D eigenvalue weighted by atomic mass is 16.5. The minimum absolute atomic E-state index is 0.0436. The van der Waals surface area contributed by atoms with Gasteiger partial charge in [-0.2, -0.15) is 0 Å². The molecule has 0 unspecified atom stereocenters. The molecule has 0 aliphatic rings. The molecule has 0 radical (unpaired) electrons. The predicted octanol–water partition coefficient (Wildman–Crippen LogP) is 4.30. The second-order valence-corrected chi connectivity index (χ2v) is 11.0. The Labute approximate surface area is 241 Å². The molecule has 0 aliphatic carbocycles. The Morgan fingerprint density at radius 1 is 0.780 bits per heavy atom. The monoisotopic (exact) mass is 560 g/mol. The van der Waals surface area contributed by atoms with Gasteiger partial charge in [-0.3, -0.25) is 14.4 Å². The minimum Gasteiger partial charge on any atom is -0.504 e. The van der Waals surface area contributed by atoms with Gasteiger partial charge >= 0.3 is 0 Å². The first-order valence-electron chi connectivity index (χ1n) is 13.8. The molecule has 8 nitrogen and oxygen atoms in total. The van der Waals surface area contributed by atoms with Crippen molar-refractivity contribution in [3.63, 3.8) is 0 Å². The van der Waals surface area contributed by atoms with Crippen LogP contribution in [0.3, 0.4) is 0 Å². The lowest BCUT2D eigenvalue weighted by atomic mass is 9.85. The summed E-state index contributed by atoms with van der Waals surface area (Å²) in [5.41, 5.74) is 1.50. The van der Waals surface area contributed by atoms with Crippen LogP contribution in [0, 0.1) is 0 Å². The number of carbonyl (C=O) groups is 1. The molecule has 3 aromatic carbocycles. The number of hydrogen-bond acceptors (Lipinski definition) is 7. The standard InChI is InChI=1S/C33H40N2O6/c1-20(2)23-9-13-26(32(39)28(36)17-23)31(27-14-10-24(21(3)4)18-29(37)33(27)40)22-7-11-25(12-8-22)41-19-30(38)34-15-16-35(5)6/h7-14,17-18,20-21,31H,15-16,19H2,1-6H3,(H,34,38)(H,36,39)(H,37,40). The molecule has 3 rings (SSSR count). The molecule has 0 saturated carbocycles. The van der Waals surface area contributed by atoms with Gasteiger partial charge < -0.3 is 25.2 Å². The van der Waals surface area contributed by atoms with Crippen molar-refractivity contribution in [2.75, 3.05) is 33.8 Å². The third kappa shape index (κ3) is 8.17. The van der Waals surface area contributed by atoms with E-state index in [9.17, 15) is 24.6 Å². The highest BCUT2D eigenvalue weighted by molar-refractivity contribution is 5.77. The highest BCUT2D eigenvalue weighted by Crippen LogP contribution is 2.39. The maximum absolute atomic E-state index is 13.0. The largest absolute Gasteiger partial charge is 0.504 e. The van der Waals surface area contributed by atoms with Crippen molar-refractivity contribution in [2.24, 2.45) is 0 Å². The maximum Gasteiger partial charge on any atom is 0.257 e. The minimum atomic E-state index is -0.849. The number of carbonyl (C=O) groups excluding carboxylic acids is 1. The summed E-state index contributed by atoms with van der Waals surface area (Å²) in [5, 5.41) is 25.0. The van der Waals surface area contributed by atoms with Gasteiger partial charge in [0.2, 0.25) is 10.9 Å². The van der Waals surface area contributed by atoms with Crippen molar-refractivity contribution in [2.45, 2.75) is 45.4 Å². The molecular formula is C33H40N2O6. The summed E-state index contributed by atoms with van der Waals surface area (Å²) in [5.74, 6) is -1.48. The van der Waals surface area contributed by atoms with E-state index in [4.69, 9.17) is 4.74 Å². The number of rotatable bonds is 11. The van der Waals surface area contributed by atoms with E-state index in [0.29, 0.717) is 24.4 Å². The van der Waals surface area contributed by atoms with E-state index < -0.39 is 28.3 Å². The quantitative estimate of drug-likeness (QED) is 0.320. The Morgan fingerprint density at radius 2 is 1.24 bits per heavy atom. The number of ether oxygens (including phenoxy) is 1. The molecule has 0 saturated heterocycles. The molecule has 41 heavy (non-hydrogen) atoms. The van der Waals surface area contributed by atoms with Gasteiger partial charge in [-0.05, 0) is 66.9 Å². The molecule has 0 heterocycles. The zero-order chi connectivity index (χ0) is 30.3. The average Bonchev–Trinajstić information content (AvgIpc) is 3.16. The van der Waals surface area contributed by atoms with Crippen molar-refractivity contribution in [1.82, 2.24) is 10.2 Å². The molecule has 0 bridgehead atoms. The van der Waals surface area contributed by atoms with Crippen LogP contribution in [0.1, 0.15) is 73.3 Å². The van der Waals surface area contributed by atoms with E-state index in [1.54, 1.807) is 48.5 Å². The van der Waals surface area contributed by atoms with E-state index in [0.717, 1.165) is 11.1 Å². The Balaban J connectivity index is 2.09. The first-order valence-corrected chi connectivity index (χ1v) is 13.8. The van der Waals surface area contributed by atoms with Crippen LogP contribution in [0.2, 0.25) is 0 Å². The predicted molar refractivity (Wildman–Crippen MR) is 161 cm³/mol. The van der Waals surface area contributed by atoms with E-state index in [-0.39, 0.29) is 35.5 Å². The Hall–Kier alpha value is -4.17. The van der Waals surface area contributed by atoms with Gasteiger partial charge in [-0.15, -0.1) is 0 Å². The van der Waals surface area contributed by atoms with Gasteiger partial charge in [0.1, 0.15) is 5.75 Å². The zero-order valence-corrected chi connectivity index (χ0v) is 24.6. The number of amides is 1. The molecule has 0 fully saturated rings. The lowest BCUT2D eigenvalue weighted by Crippen LogP contribution is -2.34. The fourth-order valence-electron chi connectivity index (χ4n) is 4.44. The summed E-state index contributed by atoms with van der Waals surface area (Å²) in [6.07, 6.45) is 0. The lowest BCUT2D eigenvalue weighted by Gasteiger charge is -2.19. The van der Waals surface area contributed by atoms with Crippen LogP contribution < -0.4 is 20.9 Å². The number of likely N-dealkylation sites (N-methyl/N-ethyl adjacent to an activating group) is 1. The van der Waals surface area contributed by atoms with Gasteiger partial charge in [0.25, 0.3) is 5.91 Å². The summed E-state index contributed by atoms with van der Waals surface area (Å²) in [7, 11) is 3.84. The smallest absolute Gasteiger partial charge is 0.257 e. The van der Waals surface area contributed by atoms with E-state index in [2.05, 4.69) is 5.32 Å². The molecule has 218 valence electrons. The topological polar surface area (TPSA) is 116 Å². The van der Waals surface area contributed by atoms with Gasteiger partial charge in [0.15, 0.2) is 18.1 Å². The second-order valence-electron chi connectivity index (χ2n) is 11.0. The second kappa shape index (κ2) is 13.9. The van der Waals surface area contributed by atoms with Crippen molar-refractivity contribution in [3.05, 3.63) is 109 Å². The molecular weight excluding hydrogens is 520 g/mol. The van der Waals surface area contributed by atoms with Gasteiger partial charge in [-0.25, -0.2) is 0 Å². The molecule has 8 heteroatoms. The van der Waals surface area contributed by atoms with Crippen LogP contribution in [0.4, 0.5) is 0 Å². The molecule has 0 aromatic heterocycles. The van der Waals surface area contributed by atoms with Crippen LogP contribution in [0.15, 0.2) is 70.3 Å². The molecule has 0 atom stereocenters. The summed E-state index contributed by atoms with van der Waals surface area (Å²) < 4.78 is 5.65. The fraction of sp³-hybridized carbons (Fsp3) is 0.364. The van der Waals surface area contributed by atoms with Crippen LogP contribution in [0.5, 0.6) is 17.2 Å². The molecule has 3 N–H and O–H groups in total. The van der Waals surface area contributed by atoms with Crippen LogP contribution in [0.25, 0.3) is 0 Å². The van der Waals surface area contributed by atoms with E-state index >= 15 is 0 Å². The fourth-order valence-corrected chi connectivity index (χ4v) is 4.44. The van der Waals surface area contributed by atoms with Crippen molar-refractivity contribution in [1.29, 1.82) is 0 Å². The lowest BCUT2D eigenvalue weighted by molar-refractivity contribution is -0.123. The molecule has 0 spiro atoms. The van der Waals surface area contributed by atoms with Crippen molar-refractivity contribution < 1.29 is 19.7 Å². The SMILES string of the molecule is CC(C)c1ccc(C(c2ccc(OCC(=O)NCCN(C)C)cc2)c2ccc(C(C)C)cc(=O)c2O)c(O)c(=O)c1. The van der Waals surface area contributed by atoms with E-state index in [1.807, 2.05) is 46.7 Å². The zero-order valence-electron chi connectivity index (χ0n) is 24.6. The first-order chi connectivity index (χ1) is 19.4.